The van der Waals surface area contributed by atoms with E-state index in [-0.39, 0.29) is 10.9 Å². The highest BCUT2D eigenvalue weighted by atomic mass is 35.5. The van der Waals surface area contributed by atoms with E-state index < -0.39 is 10.0 Å². The summed E-state index contributed by atoms with van der Waals surface area (Å²) in [6, 6.07) is 21.5. The highest BCUT2D eigenvalue weighted by Crippen LogP contribution is 2.35. The van der Waals surface area contributed by atoms with Gasteiger partial charge in [-0.05, 0) is 42.5 Å². The highest BCUT2D eigenvalue weighted by Gasteiger charge is 2.31. The quantitative estimate of drug-likeness (QED) is 0.342. The first kappa shape index (κ1) is 19.3. The zero-order valence-electron chi connectivity index (χ0n) is 15.8. The van der Waals surface area contributed by atoms with Gasteiger partial charge in [-0.1, -0.05) is 47.1 Å². The van der Waals surface area contributed by atoms with Crippen LogP contribution in [0.25, 0.3) is 22.4 Å². The van der Waals surface area contributed by atoms with Crippen LogP contribution < -0.4 is 4.31 Å². The van der Waals surface area contributed by atoms with E-state index in [1.165, 1.54) is 18.4 Å². The van der Waals surface area contributed by atoms with E-state index in [4.69, 9.17) is 20.5 Å². The molecule has 0 radical (unpaired) electrons. The molecule has 5 aromatic rings. The van der Waals surface area contributed by atoms with Gasteiger partial charge in [-0.3, -0.25) is 0 Å². The molecule has 7 nitrogen and oxygen atoms in total. The van der Waals surface area contributed by atoms with Crippen LogP contribution in [0.1, 0.15) is 0 Å². The van der Waals surface area contributed by atoms with Crippen LogP contribution >= 0.6 is 11.6 Å². The number of fused-ring (bicyclic) bond motifs is 1. The Balaban J connectivity index is 1.63. The number of nitrogens with zero attached hydrogens (tertiary/aromatic N) is 3. The van der Waals surface area contributed by atoms with Crippen LogP contribution in [0.15, 0.2) is 99.0 Å². The maximum Gasteiger partial charge on any atom is 0.317 e. The first-order valence-electron chi connectivity index (χ1n) is 9.20. The Morgan fingerprint density at radius 2 is 1.68 bits per heavy atom. The van der Waals surface area contributed by atoms with Crippen LogP contribution in [0, 0.1) is 0 Å². The number of benzene rings is 3. The van der Waals surface area contributed by atoms with E-state index in [9.17, 15) is 8.42 Å². The molecule has 154 valence electrons. The van der Waals surface area contributed by atoms with Crippen molar-refractivity contribution in [2.45, 2.75) is 4.90 Å². The second kappa shape index (κ2) is 7.57. The lowest BCUT2D eigenvalue weighted by Gasteiger charge is -2.20. The van der Waals surface area contributed by atoms with Crippen molar-refractivity contribution in [3.8, 4) is 11.3 Å². The summed E-state index contributed by atoms with van der Waals surface area (Å²) in [5, 5.41) is 4.35. The van der Waals surface area contributed by atoms with Crippen molar-refractivity contribution in [1.82, 2.24) is 10.1 Å². The Bertz CT molecular complexity index is 1450. The van der Waals surface area contributed by atoms with Crippen molar-refractivity contribution in [2.24, 2.45) is 0 Å². The number of rotatable bonds is 5. The van der Waals surface area contributed by atoms with Crippen molar-refractivity contribution in [1.29, 1.82) is 0 Å². The van der Waals surface area contributed by atoms with Gasteiger partial charge in [-0.15, -0.1) is 0 Å². The van der Waals surface area contributed by atoms with E-state index in [0.717, 1.165) is 9.87 Å². The number of aromatic nitrogens is 2. The lowest BCUT2D eigenvalue weighted by Crippen LogP contribution is -2.26. The SMILES string of the molecule is O=S(=O)(c1ccc(-c2ccon2)cc1)N(c1ccccc1)c1nc2cc(Cl)ccc2o1. The number of halogens is 1. The maximum absolute atomic E-state index is 13.6. The molecule has 0 N–H and O–H groups in total. The third-order valence-electron chi connectivity index (χ3n) is 4.63. The molecule has 0 bridgehead atoms. The molecule has 5 rings (SSSR count). The molecular weight excluding hydrogens is 438 g/mol. The van der Waals surface area contributed by atoms with Crippen LogP contribution in [0.5, 0.6) is 0 Å². The molecule has 0 aliphatic heterocycles. The molecule has 31 heavy (non-hydrogen) atoms. The summed E-state index contributed by atoms with van der Waals surface area (Å²) in [7, 11) is -4.05. The molecule has 0 aliphatic carbocycles. The van der Waals surface area contributed by atoms with Crippen LogP contribution in [0.4, 0.5) is 11.7 Å². The molecule has 0 atom stereocenters. The molecule has 0 saturated heterocycles. The van der Waals surface area contributed by atoms with Gasteiger partial charge < -0.3 is 8.94 Å². The molecule has 0 unspecified atom stereocenters. The fraction of sp³-hybridized carbons (Fsp3) is 0. The summed E-state index contributed by atoms with van der Waals surface area (Å²) in [5.41, 5.74) is 2.62. The van der Waals surface area contributed by atoms with Crippen LogP contribution in [0.3, 0.4) is 0 Å². The zero-order valence-corrected chi connectivity index (χ0v) is 17.4. The van der Waals surface area contributed by atoms with E-state index >= 15 is 0 Å². The summed E-state index contributed by atoms with van der Waals surface area (Å²) in [4.78, 5) is 4.45. The highest BCUT2D eigenvalue weighted by molar-refractivity contribution is 7.93. The minimum absolute atomic E-state index is 0.0730. The maximum atomic E-state index is 13.6. The monoisotopic (exact) mass is 451 g/mol. The van der Waals surface area contributed by atoms with E-state index in [1.54, 1.807) is 66.7 Å². The van der Waals surface area contributed by atoms with Gasteiger partial charge in [0.2, 0.25) is 0 Å². The lowest BCUT2D eigenvalue weighted by molar-refractivity contribution is 0.422. The van der Waals surface area contributed by atoms with Crippen molar-refractivity contribution in [2.75, 3.05) is 4.31 Å². The van der Waals surface area contributed by atoms with Gasteiger partial charge >= 0.3 is 6.01 Å². The molecule has 0 saturated carbocycles. The molecule has 9 heteroatoms. The topological polar surface area (TPSA) is 89.4 Å². The molecule has 0 spiro atoms. The van der Waals surface area contributed by atoms with Gasteiger partial charge in [-0.2, -0.15) is 9.29 Å². The molecule has 3 aromatic carbocycles. The van der Waals surface area contributed by atoms with Gasteiger partial charge in [-0.25, -0.2) is 8.42 Å². The Morgan fingerprint density at radius 3 is 2.39 bits per heavy atom. The predicted octanol–water partition coefficient (Wildman–Crippen LogP) is 5.66. The van der Waals surface area contributed by atoms with Crippen molar-refractivity contribution in [3.63, 3.8) is 0 Å². The van der Waals surface area contributed by atoms with Crippen LogP contribution in [-0.2, 0) is 10.0 Å². The van der Waals surface area contributed by atoms with Crippen molar-refractivity contribution >= 4 is 44.4 Å². The molecule has 0 amide bonds. The normalized spacial score (nSPS) is 11.6. The number of hydrogen-bond acceptors (Lipinski definition) is 6. The van der Waals surface area contributed by atoms with Gasteiger partial charge in [0.05, 0.1) is 10.6 Å². The van der Waals surface area contributed by atoms with E-state index in [0.29, 0.717) is 27.5 Å². The Kier molecular flexibility index (Phi) is 4.72. The van der Waals surface area contributed by atoms with E-state index in [2.05, 4.69) is 10.1 Å². The Hall–Kier alpha value is -3.62. The fourth-order valence-corrected chi connectivity index (χ4v) is 4.70. The molecular formula is C22H14ClN3O4S. The van der Waals surface area contributed by atoms with Gasteiger partial charge in [0.15, 0.2) is 5.58 Å². The van der Waals surface area contributed by atoms with Gasteiger partial charge in [0.1, 0.15) is 17.5 Å². The summed E-state index contributed by atoms with van der Waals surface area (Å²) in [6.45, 7) is 0. The average molecular weight is 452 g/mol. The third-order valence-corrected chi connectivity index (χ3v) is 6.58. The molecule has 0 fully saturated rings. The van der Waals surface area contributed by atoms with Gasteiger partial charge in [0, 0.05) is 16.7 Å². The van der Waals surface area contributed by atoms with Crippen molar-refractivity contribution < 1.29 is 17.4 Å². The van der Waals surface area contributed by atoms with Crippen LogP contribution in [0.2, 0.25) is 5.02 Å². The largest absolute Gasteiger partial charge is 0.422 e. The summed E-state index contributed by atoms with van der Waals surface area (Å²) >= 11 is 6.04. The minimum atomic E-state index is -4.05. The Morgan fingerprint density at radius 1 is 0.903 bits per heavy atom. The number of sulfonamides is 1. The zero-order chi connectivity index (χ0) is 21.4. The van der Waals surface area contributed by atoms with Crippen LogP contribution in [-0.4, -0.2) is 18.6 Å². The van der Waals surface area contributed by atoms with Gasteiger partial charge in [0.25, 0.3) is 10.0 Å². The summed E-state index contributed by atoms with van der Waals surface area (Å²) < 4.78 is 39.0. The fourth-order valence-electron chi connectivity index (χ4n) is 3.16. The summed E-state index contributed by atoms with van der Waals surface area (Å²) in [5.74, 6) is 0. The minimum Gasteiger partial charge on any atom is -0.422 e. The average Bonchev–Trinajstić information content (AvgIpc) is 3.44. The second-order valence-corrected chi connectivity index (χ2v) is 8.85. The molecule has 2 aromatic heterocycles. The predicted molar refractivity (Wildman–Crippen MR) is 117 cm³/mol. The van der Waals surface area contributed by atoms with Crippen molar-refractivity contribution in [3.05, 3.63) is 90.1 Å². The second-order valence-electron chi connectivity index (χ2n) is 6.62. The molecule has 2 heterocycles. The first-order chi connectivity index (χ1) is 15.0. The lowest BCUT2D eigenvalue weighted by atomic mass is 10.2. The number of oxazole rings is 1. The Labute approximate surface area is 182 Å². The smallest absolute Gasteiger partial charge is 0.317 e. The standard InChI is InChI=1S/C22H14ClN3O4S/c23-16-8-11-21-20(14-16)24-22(30-21)26(17-4-2-1-3-5-17)31(27,28)18-9-6-15(7-10-18)19-12-13-29-25-19/h1-14H. The van der Waals surface area contributed by atoms with E-state index in [1.807, 2.05) is 0 Å². The number of para-hydroxylation sites is 1. The number of hydrogen-bond donors (Lipinski definition) is 0. The first-order valence-corrected chi connectivity index (χ1v) is 11.0. The third kappa shape index (κ3) is 3.56. The summed E-state index contributed by atoms with van der Waals surface area (Å²) in [6.07, 6.45) is 1.45. The molecule has 0 aliphatic rings. The number of anilines is 2.